The van der Waals surface area contributed by atoms with Crippen molar-refractivity contribution in [2.45, 2.75) is 70.3 Å². The van der Waals surface area contributed by atoms with E-state index >= 15 is 0 Å². The molecule has 0 spiro atoms. The molecule has 5 aliphatic rings. The van der Waals surface area contributed by atoms with E-state index in [2.05, 4.69) is 5.32 Å². The molecular formula is C27H38N2O4. The summed E-state index contributed by atoms with van der Waals surface area (Å²) in [4.78, 5) is 28.2. The SMILES string of the molecule is COc1ccc(C2CCCN2C(=O)CCCNC(=O)C23CC4CC(CC(C4)C2)C3)c(OC)c1. The van der Waals surface area contributed by atoms with Crippen LogP contribution in [0.5, 0.6) is 11.5 Å². The average molecular weight is 455 g/mol. The summed E-state index contributed by atoms with van der Waals surface area (Å²) in [6.07, 6.45) is 10.4. The van der Waals surface area contributed by atoms with Crippen LogP contribution in [0.25, 0.3) is 0 Å². The second-order valence-corrected chi connectivity index (χ2v) is 10.9. The number of hydrogen-bond acceptors (Lipinski definition) is 4. The van der Waals surface area contributed by atoms with Crippen molar-refractivity contribution < 1.29 is 19.1 Å². The Kier molecular flexibility index (Phi) is 6.28. The monoisotopic (exact) mass is 454 g/mol. The molecule has 6 heteroatoms. The highest BCUT2D eigenvalue weighted by molar-refractivity contribution is 5.83. The third kappa shape index (κ3) is 4.33. The van der Waals surface area contributed by atoms with Gasteiger partial charge in [-0.1, -0.05) is 0 Å². The molecule has 6 nitrogen and oxygen atoms in total. The fraction of sp³-hybridized carbons (Fsp3) is 0.704. The maximum atomic E-state index is 13.1. The number of likely N-dealkylation sites (tertiary alicyclic amines) is 1. The van der Waals surface area contributed by atoms with Crippen molar-refractivity contribution in [2.75, 3.05) is 27.3 Å². The zero-order chi connectivity index (χ0) is 23.0. The summed E-state index contributed by atoms with van der Waals surface area (Å²) in [6, 6.07) is 5.87. The molecule has 2 amide bonds. The summed E-state index contributed by atoms with van der Waals surface area (Å²) >= 11 is 0. The van der Waals surface area contributed by atoms with Gasteiger partial charge in [0, 0.05) is 36.6 Å². The summed E-state index contributed by atoms with van der Waals surface area (Å²) in [5.41, 5.74) is 0.934. The third-order valence-electron chi connectivity index (χ3n) is 8.75. The molecule has 180 valence electrons. The van der Waals surface area contributed by atoms with Crippen molar-refractivity contribution in [1.29, 1.82) is 0 Å². The topological polar surface area (TPSA) is 67.9 Å². The van der Waals surface area contributed by atoms with Crippen molar-refractivity contribution in [3.8, 4) is 11.5 Å². The summed E-state index contributed by atoms with van der Waals surface area (Å²) in [5, 5.41) is 3.22. The zero-order valence-corrected chi connectivity index (χ0v) is 20.1. The Hall–Kier alpha value is -2.24. The van der Waals surface area contributed by atoms with Crippen LogP contribution in [0.3, 0.4) is 0 Å². The minimum Gasteiger partial charge on any atom is -0.497 e. The van der Waals surface area contributed by atoms with E-state index in [1.54, 1.807) is 14.2 Å². The molecule has 0 radical (unpaired) electrons. The van der Waals surface area contributed by atoms with Gasteiger partial charge in [-0.05, 0) is 87.7 Å². The lowest BCUT2D eigenvalue weighted by Gasteiger charge is -2.55. The first-order valence-electron chi connectivity index (χ1n) is 12.8. The Morgan fingerprint density at radius 2 is 1.76 bits per heavy atom. The highest BCUT2D eigenvalue weighted by Gasteiger charge is 2.54. The molecule has 1 atom stereocenters. The number of rotatable bonds is 8. The lowest BCUT2D eigenvalue weighted by Crippen LogP contribution is -2.53. The standard InChI is InChI=1S/C27H38N2O4/c1-32-21-7-8-22(24(14-21)33-2)23-5-4-10-29(23)25(30)6-3-9-28-26(31)27-15-18-11-19(16-27)13-20(12-18)17-27/h7-8,14,18-20,23H,3-6,9-13,15-17H2,1-2H3,(H,28,31). The Morgan fingerprint density at radius 1 is 1.06 bits per heavy atom. The molecular weight excluding hydrogens is 416 g/mol. The first-order valence-corrected chi connectivity index (χ1v) is 12.8. The maximum absolute atomic E-state index is 13.1. The minimum absolute atomic E-state index is 0.0416. The van der Waals surface area contributed by atoms with E-state index in [-0.39, 0.29) is 23.3 Å². The molecule has 1 aromatic rings. The lowest BCUT2D eigenvalue weighted by molar-refractivity contribution is -0.146. The average Bonchev–Trinajstić information content (AvgIpc) is 3.30. The molecule has 1 unspecified atom stereocenters. The number of nitrogens with one attached hydrogen (secondary N) is 1. The highest BCUT2D eigenvalue weighted by atomic mass is 16.5. The van der Waals surface area contributed by atoms with E-state index in [1.165, 1.54) is 19.3 Å². The molecule has 0 aromatic heterocycles. The van der Waals surface area contributed by atoms with Crippen molar-refractivity contribution in [3.05, 3.63) is 23.8 Å². The molecule has 1 heterocycles. The first-order chi connectivity index (χ1) is 16.0. The van der Waals surface area contributed by atoms with Crippen LogP contribution in [0, 0.1) is 23.2 Å². The fourth-order valence-electron chi connectivity index (χ4n) is 7.64. The third-order valence-corrected chi connectivity index (χ3v) is 8.75. The van der Waals surface area contributed by atoms with Gasteiger partial charge in [0.25, 0.3) is 0 Å². The van der Waals surface area contributed by atoms with E-state index in [0.29, 0.717) is 19.4 Å². The van der Waals surface area contributed by atoms with E-state index in [4.69, 9.17) is 9.47 Å². The molecule has 4 saturated carbocycles. The smallest absolute Gasteiger partial charge is 0.226 e. The van der Waals surface area contributed by atoms with Gasteiger partial charge in [0.15, 0.2) is 0 Å². The number of methoxy groups -OCH3 is 2. The molecule has 5 fully saturated rings. The van der Waals surface area contributed by atoms with Crippen molar-refractivity contribution in [3.63, 3.8) is 0 Å². The van der Waals surface area contributed by atoms with Crippen LogP contribution < -0.4 is 14.8 Å². The Bertz CT molecular complexity index is 863. The van der Waals surface area contributed by atoms with Gasteiger partial charge in [0.05, 0.1) is 20.3 Å². The predicted molar refractivity (Wildman–Crippen MR) is 126 cm³/mol. The normalized spacial score (nSPS) is 32.1. The predicted octanol–water partition coefficient (Wildman–Crippen LogP) is 4.48. The molecule has 6 rings (SSSR count). The molecule has 1 aromatic carbocycles. The molecule has 33 heavy (non-hydrogen) atoms. The van der Waals surface area contributed by atoms with Crippen LogP contribution in [-0.2, 0) is 9.59 Å². The van der Waals surface area contributed by atoms with Crippen molar-refractivity contribution >= 4 is 11.8 Å². The van der Waals surface area contributed by atoms with Gasteiger partial charge in [0.2, 0.25) is 11.8 Å². The van der Waals surface area contributed by atoms with Gasteiger partial charge in [-0.25, -0.2) is 0 Å². The molecule has 4 aliphatic carbocycles. The van der Waals surface area contributed by atoms with Crippen LogP contribution >= 0.6 is 0 Å². The van der Waals surface area contributed by atoms with Crippen LogP contribution in [0.2, 0.25) is 0 Å². The Morgan fingerprint density at radius 3 is 2.39 bits per heavy atom. The van der Waals surface area contributed by atoms with E-state index < -0.39 is 0 Å². The number of nitrogens with zero attached hydrogens (tertiary/aromatic N) is 1. The number of hydrogen-bond donors (Lipinski definition) is 1. The summed E-state index contributed by atoms with van der Waals surface area (Å²) in [7, 11) is 3.30. The van der Waals surface area contributed by atoms with Gasteiger partial charge in [0.1, 0.15) is 11.5 Å². The summed E-state index contributed by atoms with van der Waals surface area (Å²) in [5.74, 6) is 4.25. The Balaban J connectivity index is 1.13. The second kappa shape index (κ2) is 9.19. The van der Waals surface area contributed by atoms with Crippen LogP contribution in [0.1, 0.15) is 75.8 Å². The number of carbonyl (C=O) groups is 2. The minimum atomic E-state index is -0.107. The fourth-order valence-corrected chi connectivity index (χ4v) is 7.64. The van der Waals surface area contributed by atoms with Crippen molar-refractivity contribution in [1.82, 2.24) is 10.2 Å². The quantitative estimate of drug-likeness (QED) is 0.588. The van der Waals surface area contributed by atoms with Gasteiger partial charge < -0.3 is 19.7 Å². The number of benzene rings is 1. The van der Waals surface area contributed by atoms with Gasteiger partial charge in [-0.15, -0.1) is 0 Å². The Labute approximate surface area is 197 Å². The lowest BCUT2D eigenvalue weighted by atomic mass is 9.49. The number of carbonyl (C=O) groups excluding carboxylic acids is 2. The number of ether oxygens (including phenoxy) is 2. The van der Waals surface area contributed by atoms with E-state index in [9.17, 15) is 9.59 Å². The largest absolute Gasteiger partial charge is 0.497 e. The van der Waals surface area contributed by atoms with Gasteiger partial charge in [-0.3, -0.25) is 9.59 Å². The molecule has 1 aliphatic heterocycles. The molecule has 4 bridgehead atoms. The first kappa shape index (κ1) is 22.5. The van der Waals surface area contributed by atoms with Crippen LogP contribution in [0.4, 0.5) is 0 Å². The zero-order valence-electron chi connectivity index (χ0n) is 20.1. The van der Waals surface area contributed by atoms with Gasteiger partial charge in [-0.2, -0.15) is 0 Å². The van der Waals surface area contributed by atoms with Crippen LogP contribution in [0.15, 0.2) is 18.2 Å². The van der Waals surface area contributed by atoms with Crippen LogP contribution in [-0.4, -0.2) is 44.0 Å². The van der Waals surface area contributed by atoms with E-state index in [1.807, 2.05) is 23.1 Å². The molecule has 1 N–H and O–H groups in total. The molecule has 1 saturated heterocycles. The van der Waals surface area contributed by atoms with Crippen molar-refractivity contribution in [2.24, 2.45) is 23.2 Å². The highest BCUT2D eigenvalue weighted by Crippen LogP contribution is 2.60. The summed E-state index contributed by atoms with van der Waals surface area (Å²) in [6.45, 7) is 1.37. The number of amides is 2. The maximum Gasteiger partial charge on any atom is 0.226 e. The van der Waals surface area contributed by atoms with E-state index in [0.717, 1.165) is 73.5 Å². The second-order valence-electron chi connectivity index (χ2n) is 10.9. The van der Waals surface area contributed by atoms with Gasteiger partial charge >= 0.3 is 0 Å². The summed E-state index contributed by atoms with van der Waals surface area (Å²) < 4.78 is 10.9.